The number of ketones is 1. The summed E-state index contributed by atoms with van der Waals surface area (Å²) in [5, 5.41) is 3.38. The first-order valence-electron chi connectivity index (χ1n) is 11.4. The molecule has 0 saturated carbocycles. The molecule has 178 valence electrons. The summed E-state index contributed by atoms with van der Waals surface area (Å²) in [6.45, 7) is 3.74. The third-order valence-electron chi connectivity index (χ3n) is 6.54. The highest BCUT2D eigenvalue weighted by molar-refractivity contribution is 5.94. The number of hydrogen-bond donors (Lipinski definition) is 1. The van der Waals surface area contributed by atoms with Crippen LogP contribution in [0.15, 0.2) is 72.8 Å². The summed E-state index contributed by atoms with van der Waals surface area (Å²) in [6.07, 6.45) is -2.65. The van der Waals surface area contributed by atoms with Gasteiger partial charge in [-0.25, -0.2) is 0 Å². The maximum Gasteiger partial charge on any atom is 0.416 e. The van der Waals surface area contributed by atoms with Crippen molar-refractivity contribution in [2.75, 3.05) is 19.7 Å². The van der Waals surface area contributed by atoms with E-state index in [9.17, 15) is 18.0 Å². The SMILES string of the molecule is CC(=O)c1ccc(-c2cc(COCC3(c4ccccc4)CCNCC3)cc(C(F)(F)F)c2)cc1. The van der Waals surface area contributed by atoms with Crippen molar-refractivity contribution in [1.29, 1.82) is 0 Å². The van der Waals surface area contributed by atoms with Crippen LogP contribution >= 0.6 is 0 Å². The van der Waals surface area contributed by atoms with Gasteiger partial charge >= 0.3 is 6.18 Å². The summed E-state index contributed by atoms with van der Waals surface area (Å²) in [5.74, 6) is -0.0880. The van der Waals surface area contributed by atoms with Crippen LogP contribution in [-0.2, 0) is 22.9 Å². The van der Waals surface area contributed by atoms with Crippen LogP contribution in [0.25, 0.3) is 11.1 Å². The summed E-state index contributed by atoms with van der Waals surface area (Å²) in [7, 11) is 0. The number of ether oxygens (including phenoxy) is 1. The smallest absolute Gasteiger partial charge is 0.376 e. The van der Waals surface area contributed by atoms with Gasteiger partial charge in [-0.1, -0.05) is 54.6 Å². The number of halogens is 3. The second kappa shape index (κ2) is 10.1. The maximum atomic E-state index is 13.6. The molecule has 0 spiro atoms. The Morgan fingerprint density at radius 2 is 1.62 bits per heavy atom. The Kier molecular flexibility index (Phi) is 7.19. The summed E-state index contributed by atoms with van der Waals surface area (Å²) < 4.78 is 47.0. The number of alkyl halides is 3. The van der Waals surface area contributed by atoms with E-state index in [1.54, 1.807) is 30.3 Å². The zero-order valence-corrected chi connectivity index (χ0v) is 19.1. The van der Waals surface area contributed by atoms with Gasteiger partial charge in [0.15, 0.2) is 5.78 Å². The van der Waals surface area contributed by atoms with Crippen LogP contribution in [0.5, 0.6) is 0 Å². The summed E-state index contributed by atoms with van der Waals surface area (Å²) in [6, 6.07) is 20.8. The van der Waals surface area contributed by atoms with Crippen LogP contribution in [-0.4, -0.2) is 25.5 Å². The van der Waals surface area contributed by atoms with Crippen LogP contribution in [0.4, 0.5) is 13.2 Å². The Balaban J connectivity index is 1.57. The number of carbonyl (C=O) groups excluding carboxylic acids is 1. The minimum Gasteiger partial charge on any atom is -0.376 e. The molecule has 6 heteroatoms. The molecule has 1 aliphatic heterocycles. The second-order valence-electron chi connectivity index (χ2n) is 8.94. The zero-order valence-electron chi connectivity index (χ0n) is 19.1. The molecule has 3 aromatic carbocycles. The number of Topliss-reactive ketones (excluding diaryl/α,β-unsaturated/α-hetero) is 1. The lowest BCUT2D eigenvalue weighted by Gasteiger charge is -2.38. The van der Waals surface area contributed by atoms with E-state index in [2.05, 4.69) is 17.4 Å². The van der Waals surface area contributed by atoms with Gasteiger partial charge in [-0.15, -0.1) is 0 Å². The average Bonchev–Trinajstić information content (AvgIpc) is 2.84. The first kappa shape index (κ1) is 24.2. The normalized spacial score (nSPS) is 15.8. The highest BCUT2D eigenvalue weighted by atomic mass is 19.4. The number of carbonyl (C=O) groups is 1. The first-order valence-corrected chi connectivity index (χ1v) is 11.4. The Labute approximate surface area is 198 Å². The molecule has 0 unspecified atom stereocenters. The Morgan fingerprint density at radius 3 is 2.24 bits per heavy atom. The van der Waals surface area contributed by atoms with Gasteiger partial charge in [0.25, 0.3) is 0 Å². The molecule has 0 radical (unpaired) electrons. The minimum absolute atomic E-state index is 0.0878. The second-order valence-corrected chi connectivity index (χ2v) is 8.94. The van der Waals surface area contributed by atoms with Gasteiger partial charge in [-0.3, -0.25) is 4.79 Å². The van der Waals surface area contributed by atoms with E-state index in [0.717, 1.165) is 38.1 Å². The Bertz CT molecular complexity index is 1120. The van der Waals surface area contributed by atoms with E-state index in [-0.39, 0.29) is 17.8 Å². The summed E-state index contributed by atoms with van der Waals surface area (Å²) >= 11 is 0. The van der Waals surface area contributed by atoms with Crippen molar-refractivity contribution in [1.82, 2.24) is 5.32 Å². The monoisotopic (exact) mass is 467 g/mol. The van der Waals surface area contributed by atoms with Crippen LogP contribution in [0.2, 0.25) is 0 Å². The molecule has 3 aromatic rings. The van der Waals surface area contributed by atoms with E-state index in [4.69, 9.17) is 4.74 Å². The molecule has 1 fully saturated rings. The lowest BCUT2D eigenvalue weighted by atomic mass is 9.74. The lowest BCUT2D eigenvalue weighted by molar-refractivity contribution is -0.137. The van der Waals surface area contributed by atoms with E-state index >= 15 is 0 Å². The predicted molar refractivity (Wildman–Crippen MR) is 127 cm³/mol. The topological polar surface area (TPSA) is 38.3 Å². The molecule has 0 aliphatic carbocycles. The maximum absolute atomic E-state index is 13.6. The number of benzene rings is 3. The van der Waals surface area contributed by atoms with Gasteiger partial charge < -0.3 is 10.1 Å². The summed E-state index contributed by atoms with van der Waals surface area (Å²) in [5.41, 5.74) is 2.40. The first-order chi connectivity index (χ1) is 16.3. The van der Waals surface area contributed by atoms with Crippen molar-refractivity contribution in [2.24, 2.45) is 0 Å². The van der Waals surface area contributed by atoms with Crippen molar-refractivity contribution >= 4 is 5.78 Å². The predicted octanol–water partition coefficient (Wildman–Crippen LogP) is 6.41. The van der Waals surface area contributed by atoms with Crippen molar-refractivity contribution in [3.8, 4) is 11.1 Å². The Morgan fingerprint density at radius 1 is 0.941 bits per heavy atom. The largest absolute Gasteiger partial charge is 0.416 e. The van der Waals surface area contributed by atoms with Gasteiger partial charge in [0.2, 0.25) is 0 Å². The quantitative estimate of drug-likeness (QED) is 0.408. The van der Waals surface area contributed by atoms with Crippen LogP contribution in [0, 0.1) is 0 Å². The van der Waals surface area contributed by atoms with E-state index in [1.165, 1.54) is 12.5 Å². The fourth-order valence-corrected chi connectivity index (χ4v) is 4.58. The minimum atomic E-state index is -4.47. The van der Waals surface area contributed by atoms with Gasteiger partial charge in [0.1, 0.15) is 0 Å². The molecule has 34 heavy (non-hydrogen) atoms. The molecule has 0 amide bonds. The number of piperidine rings is 1. The molecule has 1 heterocycles. The molecule has 1 N–H and O–H groups in total. The van der Waals surface area contributed by atoms with Crippen LogP contribution < -0.4 is 5.32 Å². The van der Waals surface area contributed by atoms with Crippen LogP contribution in [0.3, 0.4) is 0 Å². The fourth-order valence-electron chi connectivity index (χ4n) is 4.58. The Hall–Kier alpha value is -2.96. The van der Waals surface area contributed by atoms with Crippen LogP contribution in [0.1, 0.15) is 46.8 Å². The van der Waals surface area contributed by atoms with Crippen molar-refractivity contribution in [3.63, 3.8) is 0 Å². The van der Waals surface area contributed by atoms with E-state index in [1.807, 2.05) is 18.2 Å². The lowest BCUT2D eigenvalue weighted by Crippen LogP contribution is -2.43. The standard InChI is InChI=1S/C28H28F3NO2/c1-20(33)22-7-9-23(10-8-22)24-15-21(16-26(17-24)28(29,30)31)18-34-19-27(11-13-32-14-12-27)25-5-3-2-4-6-25/h2-10,15-17,32H,11-14,18-19H2,1H3. The van der Waals surface area contributed by atoms with E-state index in [0.29, 0.717) is 28.9 Å². The van der Waals surface area contributed by atoms with Gasteiger partial charge in [-0.2, -0.15) is 13.2 Å². The van der Waals surface area contributed by atoms with Gasteiger partial charge in [0, 0.05) is 11.0 Å². The third-order valence-corrected chi connectivity index (χ3v) is 6.54. The van der Waals surface area contributed by atoms with Crippen molar-refractivity contribution in [2.45, 2.75) is 38.0 Å². The van der Waals surface area contributed by atoms with Crippen molar-refractivity contribution in [3.05, 3.63) is 95.1 Å². The molecule has 3 nitrogen and oxygen atoms in total. The molecular formula is C28H28F3NO2. The van der Waals surface area contributed by atoms with E-state index < -0.39 is 11.7 Å². The summed E-state index contributed by atoms with van der Waals surface area (Å²) in [4.78, 5) is 11.5. The van der Waals surface area contributed by atoms with Gasteiger partial charge in [-0.05, 0) is 73.3 Å². The number of rotatable bonds is 7. The average molecular weight is 468 g/mol. The molecule has 1 aliphatic rings. The molecular weight excluding hydrogens is 439 g/mol. The third kappa shape index (κ3) is 5.57. The molecule has 4 rings (SSSR count). The fraction of sp³-hybridized carbons (Fsp3) is 0.321. The van der Waals surface area contributed by atoms with Gasteiger partial charge in [0.05, 0.1) is 18.8 Å². The highest BCUT2D eigenvalue weighted by Crippen LogP contribution is 2.36. The number of nitrogens with one attached hydrogen (secondary N) is 1. The number of hydrogen-bond acceptors (Lipinski definition) is 3. The molecule has 0 aromatic heterocycles. The zero-order chi connectivity index (χ0) is 24.2. The molecule has 0 bridgehead atoms. The highest BCUT2D eigenvalue weighted by Gasteiger charge is 2.34. The molecule has 1 saturated heterocycles. The molecule has 0 atom stereocenters. The van der Waals surface area contributed by atoms with Crippen molar-refractivity contribution < 1.29 is 22.7 Å².